The van der Waals surface area contributed by atoms with E-state index in [0.29, 0.717) is 5.92 Å². The van der Waals surface area contributed by atoms with Gasteiger partial charge in [0.05, 0.1) is 5.60 Å². The van der Waals surface area contributed by atoms with Crippen LogP contribution in [0.25, 0.3) is 0 Å². The summed E-state index contributed by atoms with van der Waals surface area (Å²) in [6.07, 6.45) is 9.21. The smallest absolute Gasteiger partial charge is 0.0617 e. The van der Waals surface area contributed by atoms with E-state index in [1.54, 1.807) is 0 Å². The van der Waals surface area contributed by atoms with Gasteiger partial charge in [-0.1, -0.05) is 52.4 Å². The lowest BCUT2D eigenvalue weighted by molar-refractivity contribution is 0.0203. The first kappa shape index (κ1) is 14.0. The average molecular weight is 200 g/mol. The third-order valence-electron chi connectivity index (χ3n) is 3.20. The summed E-state index contributed by atoms with van der Waals surface area (Å²) in [6.45, 7) is 8.21. The van der Waals surface area contributed by atoms with Crippen LogP contribution in [0.3, 0.4) is 0 Å². The lowest BCUT2D eigenvalue weighted by Crippen LogP contribution is -2.28. The monoisotopic (exact) mass is 200 g/mol. The highest BCUT2D eigenvalue weighted by Crippen LogP contribution is 2.22. The molecule has 0 aromatic rings. The summed E-state index contributed by atoms with van der Waals surface area (Å²) in [5.74, 6) is 0.425. The van der Waals surface area contributed by atoms with Crippen molar-refractivity contribution in [1.29, 1.82) is 0 Å². The molecule has 1 atom stereocenters. The van der Waals surface area contributed by atoms with Gasteiger partial charge in [0.25, 0.3) is 0 Å². The van der Waals surface area contributed by atoms with Crippen molar-refractivity contribution >= 4 is 0 Å². The minimum absolute atomic E-state index is 0.425. The van der Waals surface area contributed by atoms with Gasteiger partial charge in [0.2, 0.25) is 0 Å². The standard InChI is InChI=1S/C13H28O/c1-5-6-7-8-9-10-11-12(2)13(3,4)14/h12,14H,5-11H2,1-4H3. The molecule has 0 radical (unpaired) electrons. The zero-order valence-electron chi connectivity index (χ0n) is 10.5. The molecule has 0 aliphatic rings. The van der Waals surface area contributed by atoms with Crippen LogP contribution < -0.4 is 0 Å². The quantitative estimate of drug-likeness (QED) is 0.584. The third-order valence-corrected chi connectivity index (χ3v) is 3.20. The SMILES string of the molecule is CCCCCCCCC(C)C(C)(C)O. The number of rotatable bonds is 8. The summed E-state index contributed by atoms with van der Waals surface area (Å²) in [5.41, 5.74) is -0.497. The van der Waals surface area contributed by atoms with Crippen LogP contribution in [0, 0.1) is 5.92 Å². The largest absolute Gasteiger partial charge is 0.390 e. The molecule has 1 N–H and O–H groups in total. The van der Waals surface area contributed by atoms with Crippen LogP contribution in [-0.4, -0.2) is 10.7 Å². The van der Waals surface area contributed by atoms with Gasteiger partial charge >= 0.3 is 0 Å². The summed E-state index contributed by atoms with van der Waals surface area (Å²) in [5, 5.41) is 9.73. The fourth-order valence-electron chi connectivity index (χ4n) is 1.58. The van der Waals surface area contributed by atoms with Gasteiger partial charge in [-0.05, 0) is 26.2 Å². The first-order valence-electron chi connectivity index (χ1n) is 6.20. The molecule has 0 aromatic carbocycles. The van der Waals surface area contributed by atoms with Crippen molar-refractivity contribution in [1.82, 2.24) is 0 Å². The zero-order chi connectivity index (χ0) is 11.0. The molecule has 0 aromatic heterocycles. The van der Waals surface area contributed by atoms with E-state index in [4.69, 9.17) is 0 Å². The number of aliphatic hydroxyl groups is 1. The Morgan fingerprint density at radius 1 is 1.00 bits per heavy atom. The van der Waals surface area contributed by atoms with Crippen molar-refractivity contribution < 1.29 is 5.11 Å². The first-order chi connectivity index (χ1) is 6.48. The van der Waals surface area contributed by atoms with Crippen LogP contribution in [0.2, 0.25) is 0 Å². The highest BCUT2D eigenvalue weighted by atomic mass is 16.3. The molecule has 0 fully saturated rings. The van der Waals surface area contributed by atoms with Gasteiger partial charge in [-0.2, -0.15) is 0 Å². The average Bonchev–Trinajstić information content (AvgIpc) is 2.09. The van der Waals surface area contributed by atoms with Crippen LogP contribution in [0.4, 0.5) is 0 Å². The van der Waals surface area contributed by atoms with E-state index in [9.17, 15) is 5.11 Å². The second kappa shape index (κ2) is 7.28. The molecule has 0 spiro atoms. The maximum atomic E-state index is 9.73. The van der Waals surface area contributed by atoms with Gasteiger partial charge < -0.3 is 5.11 Å². The molecule has 1 unspecified atom stereocenters. The molecular formula is C13H28O. The molecule has 0 saturated heterocycles. The Morgan fingerprint density at radius 2 is 1.50 bits per heavy atom. The topological polar surface area (TPSA) is 20.2 Å². The molecule has 0 saturated carbocycles. The lowest BCUT2D eigenvalue weighted by atomic mass is 9.88. The summed E-state index contributed by atoms with van der Waals surface area (Å²) in [4.78, 5) is 0. The van der Waals surface area contributed by atoms with E-state index in [2.05, 4.69) is 13.8 Å². The Hall–Kier alpha value is -0.0400. The zero-order valence-corrected chi connectivity index (χ0v) is 10.5. The van der Waals surface area contributed by atoms with Crippen molar-refractivity contribution in [3.05, 3.63) is 0 Å². The van der Waals surface area contributed by atoms with Crippen molar-refractivity contribution in [2.75, 3.05) is 0 Å². The fourth-order valence-corrected chi connectivity index (χ4v) is 1.58. The van der Waals surface area contributed by atoms with E-state index in [-0.39, 0.29) is 0 Å². The Labute approximate surface area is 89.9 Å². The lowest BCUT2D eigenvalue weighted by Gasteiger charge is -2.25. The fraction of sp³-hybridized carbons (Fsp3) is 1.00. The second-order valence-electron chi connectivity index (χ2n) is 5.11. The molecule has 0 heterocycles. The molecule has 0 rings (SSSR count). The molecule has 0 bridgehead atoms. The maximum Gasteiger partial charge on any atom is 0.0617 e. The second-order valence-corrected chi connectivity index (χ2v) is 5.11. The van der Waals surface area contributed by atoms with E-state index >= 15 is 0 Å². The molecule has 0 aliphatic carbocycles. The van der Waals surface area contributed by atoms with E-state index in [1.807, 2.05) is 13.8 Å². The normalized spacial score (nSPS) is 14.4. The predicted octanol–water partition coefficient (Wildman–Crippen LogP) is 4.14. The van der Waals surface area contributed by atoms with Gasteiger partial charge in [0.1, 0.15) is 0 Å². The summed E-state index contributed by atoms with van der Waals surface area (Å²) in [6, 6.07) is 0. The van der Waals surface area contributed by atoms with E-state index < -0.39 is 5.60 Å². The van der Waals surface area contributed by atoms with Crippen LogP contribution in [0.1, 0.15) is 72.6 Å². The minimum atomic E-state index is -0.497. The third kappa shape index (κ3) is 7.37. The number of hydrogen-bond donors (Lipinski definition) is 1. The van der Waals surface area contributed by atoms with Crippen LogP contribution in [0.5, 0.6) is 0 Å². The van der Waals surface area contributed by atoms with Gasteiger partial charge in [-0.15, -0.1) is 0 Å². The summed E-state index contributed by atoms with van der Waals surface area (Å²) < 4.78 is 0. The Bertz CT molecular complexity index is 124. The molecule has 0 amide bonds. The van der Waals surface area contributed by atoms with Gasteiger partial charge in [-0.25, -0.2) is 0 Å². The highest BCUT2D eigenvalue weighted by molar-refractivity contribution is 4.72. The van der Waals surface area contributed by atoms with Gasteiger partial charge in [-0.3, -0.25) is 0 Å². The van der Waals surface area contributed by atoms with Crippen molar-refractivity contribution in [2.45, 2.75) is 78.2 Å². The summed E-state index contributed by atoms with van der Waals surface area (Å²) >= 11 is 0. The number of unbranched alkanes of at least 4 members (excludes halogenated alkanes) is 5. The van der Waals surface area contributed by atoms with Gasteiger partial charge in [0, 0.05) is 0 Å². The molecule has 1 nitrogen and oxygen atoms in total. The minimum Gasteiger partial charge on any atom is -0.390 e. The van der Waals surface area contributed by atoms with Crippen LogP contribution in [0.15, 0.2) is 0 Å². The van der Waals surface area contributed by atoms with Crippen molar-refractivity contribution in [3.8, 4) is 0 Å². The molecule has 1 heteroatoms. The molecule has 86 valence electrons. The van der Waals surface area contributed by atoms with Crippen molar-refractivity contribution in [3.63, 3.8) is 0 Å². The van der Waals surface area contributed by atoms with Crippen molar-refractivity contribution in [2.24, 2.45) is 5.92 Å². The highest BCUT2D eigenvalue weighted by Gasteiger charge is 2.21. The Kier molecular flexibility index (Phi) is 7.26. The maximum absolute atomic E-state index is 9.73. The van der Waals surface area contributed by atoms with Crippen LogP contribution >= 0.6 is 0 Å². The molecular weight excluding hydrogens is 172 g/mol. The first-order valence-corrected chi connectivity index (χ1v) is 6.20. The Morgan fingerprint density at radius 3 is 2.00 bits per heavy atom. The molecule has 14 heavy (non-hydrogen) atoms. The number of hydrogen-bond acceptors (Lipinski definition) is 1. The van der Waals surface area contributed by atoms with E-state index in [0.717, 1.165) is 6.42 Å². The van der Waals surface area contributed by atoms with Gasteiger partial charge in [0.15, 0.2) is 0 Å². The van der Waals surface area contributed by atoms with Crippen LogP contribution in [-0.2, 0) is 0 Å². The van der Waals surface area contributed by atoms with E-state index in [1.165, 1.54) is 38.5 Å². The predicted molar refractivity (Wildman–Crippen MR) is 63.5 cm³/mol. The molecule has 0 aliphatic heterocycles. The summed E-state index contributed by atoms with van der Waals surface area (Å²) in [7, 11) is 0. The Balaban J connectivity index is 3.28.